The lowest BCUT2D eigenvalue weighted by atomic mass is 10.1. The summed E-state index contributed by atoms with van der Waals surface area (Å²) in [6.07, 6.45) is 6.48. The fourth-order valence-electron chi connectivity index (χ4n) is 5.65. The summed E-state index contributed by atoms with van der Waals surface area (Å²) in [7, 11) is 0. The minimum Gasteiger partial charge on any atom is -0.494 e. The summed E-state index contributed by atoms with van der Waals surface area (Å²) in [5.74, 6) is 0.858. The molecule has 0 spiro atoms. The molecule has 1 aliphatic rings. The zero-order chi connectivity index (χ0) is 31.7. The van der Waals surface area contributed by atoms with E-state index in [2.05, 4.69) is 68.4 Å². The molecular formula is C35H42N8O3. The number of benzene rings is 3. The van der Waals surface area contributed by atoms with Crippen molar-refractivity contribution < 1.29 is 9.47 Å². The second-order valence-corrected chi connectivity index (χ2v) is 11.5. The lowest BCUT2D eigenvalue weighted by molar-refractivity contribution is 0.0287. The summed E-state index contributed by atoms with van der Waals surface area (Å²) in [6.45, 7) is 9.48. The molecule has 11 nitrogen and oxygen atoms in total. The number of hydrogen-bond donors (Lipinski definition) is 0. The zero-order valence-corrected chi connectivity index (χ0v) is 26.6. The van der Waals surface area contributed by atoms with E-state index < -0.39 is 0 Å². The molecule has 1 saturated heterocycles. The molecule has 0 aliphatic carbocycles. The fourth-order valence-corrected chi connectivity index (χ4v) is 5.65. The van der Waals surface area contributed by atoms with Crippen molar-refractivity contribution in [3.8, 4) is 11.4 Å². The van der Waals surface area contributed by atoms with E-state index in [-0.39, 0.29) is 17.8 Å². The molecule has 0 amide bonds. The second kappa shape index (κ2) is 14.9. The summed E-state index contributed by atoms with van der Waals surface area (Å²) in [5, 5.41) is 12.8. The highest BCUT2D eigenvalue weighted by Crippen LogP contribution is 2.24. The SMILES string of the molecule is CCC(C)n1ncn(-c2ccc(N3CCN(c4ccc(OCCCOC(Cn5nccn5)c5ccccc5)cc4)CC3)cc2)c1=O. The van der Waals surface area contributed by atoms with Crippen LogP contribution in [-0.2, 0) is 11.3 Å². The second-order valence-electron chi connectivity index (χ2n) is 11.5. The molecule has 0 radical (unpaired) electrons. The first-order chi connectivity index (χ1) is 22.6. The van der Waals surface area contributed by atoms with Gasteiger partial charge in [-0.1, -0.05) is 37.3 Å². The predicted octanol–water partition coefficient (Wildman–Crippen LogP) is 5.15. The van der Waals surface area contributed by atoms with Crippen LogP contribution in [0.2, 0.25) is 0 Å². The van der Waals surface area contributed by atoms with E-state index in [1.165, 1.54) is 5.69 Å². The van der Waals surface area contributed by atoms with Crippen LogP contribution < -0.4 is 20.2 Å². The third-order valence-corrected chi connectivity index (χ3v) is 8.52. The van der Waals surface area contributed by atoms with Gasteiger partial charge in [0.15, 0.2) is 0 Å². The highest BCUT2D eigenvalue weighted by Gasteiger charge is 2.19. The van der Waals surface area contributed by atoms with Gasteiger partial charge in [-0.15, -0.1) is 0 Å². The Hall–Kier alpha value is -4.90. The van der Waals surface area contributed by atoms with Gasteiger partial charge in [-0.25, -0.2) is 14.0 Å². The highest BCUT2D eigenvalue weighted by molar-refractivity contribution is 5.54. The molecule has 3 heterocycles. The molecule has 1 aliphatic heterocycles. The minimum atomic E-state index is -0.121. The molecule has 2 aromatic heterocycles. The van der Waals surface area contributed by atoms with Crippen LogP contribution in [0.5, 0.6) is 5.75 Å². The van der Waals surface area contributed by atoms with Crippen LogP contribution in [0.25, 0.3) is 5.69 Å². The van der Waals surface area contributed by atoms with Gasteiger partial charge in [-0.05, 0) is 67.4 Å². The normalized spacial score (nSPS) is 14.7. The molecule has 3 aromatic carbocycles. The van der Waals surface area contributed by atoms with Gasteiger partial charge in [0.25, 0.3) is 0 Å². The van der Waals surface area contributed by atoms with E-state index in [1.807, 2.05) is 49.4 Å². The maximum absolute atomic E-state index is 12.8. The van der Waals surface area contributed by atoms with Gasteiger partial charge in [0.1, 0.15) is 18.2 Å². The van der Waals surface area contributed by atoms with E-state index >= 15 is 0 Å². The number of piperazine rings is 1. The summed E-state index contributed by atoms with van der Waals surface area (Å²) in [6, 6.07) is 26.8. The van der Waals surface area contributed by atoms with Gasteiger partial charge in [0.05, 0.1) is 43.9 Å². The molecule has 6 rings (SSSR count). The van der Waals surface area contributed by atoms with Crippen LogP contribution in [0.15, 0.2) is 102 Å². The maximum atomic E-state index is 12.8. The van der Waals surface area contributed by atoms with Crippen molar-refractivity contribution in [3.63, 3.8) is 0 Å². The molecule has 0 N–H and O–H groups in total. The van der Waals surface area contributed by atoms with Gasteiger partial charge in [-0.2, -0.15) is 20.1 Å². The first-order valence-corrected chi connectivity index (χ1v) is 16.1. The summed E-state index contributed by atoms with van der Waals surface area (Å²) in [4.78, 5) is 19.2. The van der Waals surface area contributed by atoms with Crippen molar-refractivity contribution in [2.45, 2.75) is 45.4 Å². The smallest absolute Gasteiger partial charge is 0.350 e. The Bertz CT molecular complexity index is 1680. The molecule has 5 aromatic rings. The van der Waals surface area contributed by atoms with Gasteiger partial charge in [0.2, 0.25) is 0 Å². The fraction of sp³-hybridized carbons (Fsp3) is 0.371. The van der Waals surface area contributed by atoms with E-state index in [0.29, 0.717) is 19.8 Å². The summed E-state index contributed by atoms with van der Waals surface area (Å²) in [5.41, 5.74) is 4.19. The molecule has 0 bridgehead atoms. The molecule has 2 unspecified atom stereocenters. The van der Waals surface area contributed by atoms with Crippen molar-refractivity contribution >= 4 is 11.4 Å². The predicted molar refractivity (Wildman–Crippen MR) is 179 cm³/mol. The Morgan fingerprint density at radius 2 is 1.37 bits per heavy atom. The van der Waals surface area contributed by atoms with Crippen LogP contribution in [0.3, 0.4) is 0 Å². The van der Waals surface area contributed by atoms with Gasteiger partial charge < -0.3 is 19.3 Å². The van der Waals surface area contributed by atoms with Gasteiger partial charge >= 0.3 is 5.69 Å². The van der Waals surface area contributed by atoms with Gasteiger partial charge in [0, 0.05) is 44.0 Å². The topological polar surface area (TPSA) is 95.5 Å². The lowest BCUT2D eigenvalue weighted by Gasteiger charge is -2.37. The number of hydrogen-bond acceptors (Lipinski definition) is 8. The first kappa shape index (κ1) is 31.1. The Balaban J connectivity index is 0.942. The van der Waals surface area contributed by atoms with Crippen molar-refractivity contribution in [2.24, 2.45) is 0 Å². The number of nitrogens with zero attached hydrogens (tertiary/aromatic N) is 8. The molecule has 11 heteroatoms. The monoisotopic (exact) mass is 622 g/mol. The van der Waals surface area contributed by atoms with Crippen molar-refractivity contribution in [1.82, 2.24) is 29.3 Å². The van der Waals surface area contributed by atoms with E-state index in [9.17, 15) is 4.79 Å². The summed E-state index contributed by atoms with van der Waals surface area (Å²) >= 11 is 0. The first-order valence-electron chi connectivity index (χ1n) is 16.1. The Morgan fingerprint density at radius 3 is 2.00 bits per heavy atom. The quantitative estimate of drug-likeness (QED) is 0.157. The standard InChI is InChI=1S/C35H42N8O3/c1-3-28(2)43-35(44)41(27-38-43)32-12-10-30(11-13-32)39-20-22-40(23-21-39)31-14-16-33(17-15-31)45-24-7-25-46-34(26-42-36-18-19-37-42)29-8-5-4-6-9-29/h4-6,8-19,27-28,34H,3,7,20-26H2,1-2H3. The number of ether oxygens (including phenoxy) is 2. The van der Waals surface area contributed by atoms with Crippen LogP contribution in [0, 0.1) is 0 Å². The average molecular weight is 623 g/mol. The highest BCUT2D eigenvalue weighted by atomic mass is 16.5. The van der Waals surface area contributed by atoms with Crippen LogP contribution in [-0.4, -0.2) is 68.7 Å². The molecular weight excluding hydrogens is 580 g/mol. The maximum Gasteiger partial charge on any atom is 0.350 e. The molecule has 2 atom stereocenters. The summed E-state index contributed by atoms with van der Waals surface area (Å²) < 4.78 is 15.4. The zero-order valence-electron chi connectivity index (χ0n) is 26.6. The van der Waals surface area contributed by atoms with Crippen LogP contribution in [0.4, 0.5) is 11.4 Å². The molecule has 46 heavy (non-hydrogen) atoms. The third-order valence-electron chi connectivity index (χ3n) is 8.52. The largest absolute Gasteiger partial charge is 0.494 e. The average Bonchev–Trinajstić information content (AvgIpc) is 3.77. The van der Waals surface area contributed by atoms with Crippen LogP contribution in [0.1, 0.15) is 44.4 Å². The van der Waals surface area contributed by atoms with Crippen molar-refractivity contribution in [1.29, 1.82) is 0 Å². The van der Waals surface area contributed by atoms with E-state index in [1.54, 1.807) is 32.8 Å². The van der Waals surface area contributed by atoms with Crippen LogP contribution >= 0.6 is 0 Å². The Morgan fingerprint density at radius 1 is 0.761 bits per heavy atom. The molecule has 0 saturated carbocycles. The minimum absolute atomic E-state index is 0.0782. The molecule has 1 fully saturated rings. The van der Waals surface area contributed by atoms with Gasteiger partial charge in [-0.3, -0.25) is 0 Å². The Labute approximate surface area is 269 Å². The van der Waals surface area contributed by atoms with Crippen molar-refractivity contribution in [3.05, 3.63) is 114 Å². The molecule has 240 valence electrons. The van der Waals surface area contributed by atoms with Crippen molar-refractivity contribution in [2.75, 3.05) is 49.2 Å². The number of aromatic nitrogens is 6. The lowest BCUT2D eigenvalue weighted by Crippen LogP contribution is -2.46. The third kappa shape index (κ3) is 7.48. The van der Waals surface area contributed by atoms with E-state index in [4.69, 9.17) is 9.47 Å². The number of anilines is 2. The number of rotatable bonds is 14. The Kier molecular flexibility index (Phi) is 10.1. The van der Waals surface area contributed by atoms with E-state index in [0.717, 1.165) is 61.7 Å².